The maximum atomic E-state index is 13.5. The van der Waals surface area contributed by atoms with E-state index in [-0.39, 0.29) is 48.1 Å². The average molecular weight is 433 g/mol. The minimum absolute atomic E-state index is 0.104. The van der Waals surface area contributed by atoms with Gasteiger partial charge in [0.1, 0.15) is 6.67 Å². The van der Waals surface area contributed by atoms with Crippen LogP contribution in [0.25, 0.3) is 0 Å². The monoisotopic (exact) mass is 432 g/mol. The number of hydrogen-bond donors (Lipinski definition) is 0. The molecule has 0 unspecified atom stereocenters. The summed E-state index contributed by atoms with van der Waals surface area (Å²) in [7, 11) is 0. The van der Waals surface area contributed by atoms with Crippen molar-refractivity contribution in [2.45, 2.75) is 6.42 Å². The maximum absolute atomic E-state index is 13.5. The van der Waals surface area contributed by atoms with Crippen LogP contribution in [0.4, 0.5) is 5.69 Å². The molecule has 6 atom stereocenters. The average Bonchev–Trinajstić information content (AvgIpc) is 3.58. The molecule has 2 aromatic rings. The Morgan fingerprint density at radius 1 is 0.903 bits per heavy atom. The van der Waals surface area contributed by atoms with E-state index in [9.17, 15) is 14.4 Å². The van der Waals surface area contributed by atoms with Crippen molar-refractivity contribution in [2.24, 2.45) is 35.5 Å². The van der Waals surface area contributed by atoms with Crippen LogP contribution in [0.15, 0.2) is 66.7 Å². The first kappa shape index (κ1) is 18.8. The number of carbonyl (C=O) groups is 3. The van der Waals surface area contributed by atoms with E-state index in [0.717, 1.165) is 6.42 Å². The summed E-state index contributed by atoms with van der Waals surface area (Å²) in [6.45, 7) is -0.104. The molecule has 1 heterocycles. The van der Waals surface area contributed by atoms with E-state index in [2.05, 4.69) is 12.2 Å². The summed E-state index contributed by atoms with van der Waals surface area (Å²) in [5, 5.41) is 0.337. The van der Waals surface area contributed by atoms with Crippen LogP contribution in [0.3, 0.4) is 0 Å². The van der Waals surface area contributed by atoms with Crippen molar-refractivity contribution in [2.75, 3.05) is 11.6 Å². The molecule has 5 aliphatic rings. The third-order valence-electron chi connectivity index (χ3n) is 7.45. The van der Waals surface area contributed by atoms with Gasteiger partial charge in [0.25, 0.3) is 5.91 Å². The Balaban J connectivity index is 1.35. The lowest BCUT2D eigenvalue weighted by Crippen LogP contribution is -2.45. The highest BCUT2D eigenvalue weighted by Gasteiger charge is 2.67. The second kappa shape index (κ2) is 6.79. The zero-order valence-corrected chi connectivity index (χ0v) is 17.5. The molecule has 7 rings (SSSR count). The van der Waals surface area contributed by atoms with Crippen molar-refractivity contribution in [3.05, 3.63) is 77.3 Å². The molecule has 156 valence electrons. The van der Waals surface area contributed by atoms with E-state index in [1.165, 1.54) is 9.80 Å². The quantitative estimate of drug-likeness (QED) is 0.542. The summed E-state index contributed by atoms with van der Waals surface area (Å²) >= 11 is 6.29. The predicted octanol–water partition coefficient (Wildman–Crippen LogP) is 4.00. The summed E-state index contributed by atoms with van der Waals surface area (Å²) in [5.41, 5.74) is 0.958. The van der Waals surface area contributed by atoms with Crippen molar-refractivity contribution >= 4 is 35.0 Å². The lowest BCUT2D eigenvalue weighted by atomic mass is 9.63. The molecule has 5 nitrogen and oxygen atoms in total. The van der Waals surface area contributed by atoms with Gasteiger partial charge in [-0.1, -0.05) is 54.1 Å². The first-order valence-corrected chi connectivity index (χ1v) is 11.1. The minimum Gasteiger partial charge on any atom is -0.290 e. The summed E-state index contributed by atoms with van der Waals surface area (Å²) in [6.07, 6.45) is 5.42. The summed E-state index contributed by atoms with van der Waals surface area (Å²) in [4.78, 5) is 43.0. The van der Waals surface area contributed by atoms with Crippen molar-refractivity contribution < 1.29 is 14.4 Å². The second-order valence-corrected chi connectivity index (χ2v) is 9.36. The highest BCUT2D eigenvalue weighted by atomic mass is 35.5. The van der Waals surface area contributed by atoms with Gasteiger partial charge < -0.3 is 0 Å². The molecule has 0 radical (unpaired) electrons. The van der Waals surface area contributed by atoms with Gasteiger partial charge >= 0.3 is 0 Å². The zero-order valence-electron chi connectivity index (χ0n) is 16.7. The van der Waals surface area contributed by atoms with E-state index in [4.69, 9.17) is 11.6 Å². The number of anilines is 1. The van der Waals surface area contributed by atoms with Gasteiger partial charge in [0.15, 0.2) is 0 Å². The zero-order chi connectivity index (χ0) is 21.3. The first-order valence-electron chi connectivity index (χ1n) is 10.7. The third-order valence-corrected chi connectivity index (χ3v) is 7.78. The number of amides is 3. The lowest BCUT2D eigenvalue weighted by Gasteiger charge is -2.37. The number of likely N-dealkylation sites (tertiary alicyclic amines) is 1. The van der Waals surface area contributed by atoms with Crippen LogP contribution < -0.4 is 4.90 Å². The van der Waals surface area contributed by atoms with Crippen LogP contribution in [0.2, 0.25) is 5.02 Å². The number of benzene rings is 2. The Kier molecular flexibility index (Phi) is 4.12. The maximum Gasteiger partial charge on any atom is 0.261 e. The molecule has 2 aromatic carbocycles. The lowest BCUT2D eigenvalue weighted by molar-refractivity contribution is -0.140. The molecule has 3 fully saturated rings. The van der Waals surface area contributed by atoms with Gasteiger partial charge in [-0.3, -0.25) is 24.2 Å². The van der Waals surface area contributed by atoms with Gasteiger partial charge in [0.05, 0.1) is 22.4 Å². The Morgan fingerprint density at radius 2 is 1.48 bits per heavy atom. The third kappa shape index (κ3) is 2.72. The Morgan fingerprint density at radius 3 is 2.10 bits per heavy atom. The number of allylic oxidation sites excluding steroid dienone is 2. The molecular weight excluding hydrogens is 412 g/mol. The summed E-state index contributed by atoms with van der Waals surface area (Å²) in [6, 6.07) is 15.9. The number of imide groups is 1. The van der Waals surface area contributed by atoms with Crippen molar-refractivity contribution in [1.29, 1.82) is 0 Å². The molecular formula is C25H21ClN2O3. The number of halogens is 1. The van der Waals surface area contributed by atoms with Crippen LogP contribution in [-0.4, -0.2) is 29.3 Å². The molecule has 0 N–H and O–H groups in total. The smallest absolute Gasteiger partial charge is 0.261 e. The predicted molar refractivity (Wildman–Crippen MR) is 116 cm³/mol. The molecule has 1 saturated heterocycles. The molecule has 2 bridgehead atoms. The number of nitrogens with zero attached hydrogens (tertiary/aromatic N) is 2. The van der Waals surface area contributed by atoms with Gasteiger partial charge in [0, 0.05) is 5.69 Å². The Labute approximate surface area is 185 Å². The molecule has 6 heteroatoms. The molecule has 0 spiro atoms. The van der Waals surface area contributed by atoms with E-state index in [1.807, 2.05) is 18.2 Å². The van der Waals surface area contributed by atoms with Crippen molar-refractivity contribution in [3.8, 4) is 0 Å². The normalized spacial score (nSPS) is 32.1. The van der Waals surface area contributed by atoms with Crippen LogP contribution in [0, 0.1) is 35.5 Å². The molecule has 0 aromatic heterocycles. The van der Waals surface area contributed by atoms with Crippen LogP contribution >= 0.6 is 11.6 Å². The minimum atomic E-state index is -0.337. The molecule has 3 amide bonds. The topological polar surface area (TPSA) is 57.7 Å². The SMILES string of the molecule is O=C1[C@@H]2[C@H]3C=C[C@@H]([C@@H]4C[C@@H]34)[C@H]2C(=O)N1CN(C(=O)c1ccccc1Cl)c1ccccc1. The van der Waals surface area contributed by atoms with Gasteiger partial charge in [0.2, 0.25) is 11.8 Å². The van der Waals surface area contributed by atoms with Crippen molar-refractivity contribution in [1.82, 2.24) is 4.90 Å². The molecule has 2 saturated carbocycles. The highest BCUT2D eigenvalue weighted by Crippen LogP contribution is 2.65. The summed E-state index contributed by atoms with van der Waals surface area (Å²) < 4.78 is 0. The largest absolute Gasteiger partial charge is 0.290 e. The number of hydrogen-bond acceptors (Lipinski definition) is 3. The van der Waals surface area contributed by atoms with E-state index in [1.54, 1.807) is 36.4 Å². The summed E-state index contributed by atoms with van der Waals surface area (Å²) in [5.74, 6) is 0.220. The fraction of sp³-hybridized carbons (Fsp3) is 0.320. The molecule has 4 aliphatic carbocycles. The van der Waals surface area contributed by atoms with Gasteiger partial charge in [-0.2, -0.15) is 0 Å². The Hall–Kier alpha value is -2.92. The highest BCUT2D eigenvalue weighted by molar-refractivity contribution is 6.34. The number of rotatable bonds is 4. The number of para-hydroxylation sites is 1. The standard InChI is InChI=1S/C25H21ClN2O3/c26-20-9-5-4-8-17(20)23(29)27(14-6-2-1-3-7-14)13-28-24(30)21-15-10-11-16(19-12-18(15)19)22(21)25(28)31/h1-11,15-16,18-19,21-22H,12-13H2/t15-,16-,18-,19-,21+,22+/m0/s1. The van der Waals surface area contributed by atoms with Crippen LogP contribution in [-0.2, 0) is 9.59 Å². The fourth-order valence-corrected chi connectivity index (χ4v) is 6.17. The van der Waals surface area contributed by atoms with Gasteiger partial charge in [-0.25, -0.2) is 0 Å². The Bertz CT molecular complexity index is 1090. The van der Waals surface area contributed by atoms with E-state index < -0.39 is 0 Å². The number of carbonyl (C=O) groups excluding carboxylic acids is 3. The molecule has 31 heavy (non-hydrogen) atoms. The fourth-order valence-electron chi connectivity index (χ4n) is 5.95. The van der Waals surface area contributed by atoms with Crippen LogP contribution in [0.1, 0.15) is 16.8 Å². The van der Waals surface area contributed by atoms with Gasteiger partial charge in [-0.05, 0) is 54.4 Å². The second-order valence-electron chi connectivity index (χ2n) is 8.95. The molecule has 1 aliphatic heterocycles. The van der Waals surface area contributed by atoms with Gasteiger partial charge in [-0.15, -0.1) is 0 Å². The van der Waals surface area contributed by atoms with Crippen LogP contribution in [0.5, 0.6) is 0 Å². The van der Waals surface area contributed by atoms with Crippen molar-refractivity contribution in [3.63, 3.8) is 0 Å². The van der Waals surface area contributed by atoms with E-state index in [0.29, 0.717) is 28.1 Å². The first-order chi connectivity index (χ1) is 15.1. The van der Waals surface area contributed by atoms with E-state index >= 15 is 0 Å².